The summed E-state index contributed by atoms with van der Waals surface area (Å²) in [7, 11) is 1.34. The molecule has 0 aliphatic carbocycles. The number of likely N-dealkylation sites (N-methyl/N-ethyl adjacent to an activating group) is 1. The molecule has 14 heteroatoms. The second-order valence-corrected chi connectivity index (χ2v) is 13.0. The van der Waals surface area contributed by atoms with Gasteiger partial charge in [0.05, 0.1) is 13.2 Å². The Labute approximate surface area is 283 Å². The van der Waals surface area contributed by atoms with Crippen molar-refractivity contribution in [1.82, 2.24) is 31.1 Å². The van der Waals surface area contributed by atoms with Crippen LogP contribution in [0.3, 0.4) is 0 Å². The number of aliphatic hydroxyl groups excluding tert-OH is 1. The molecule has 14 nitrogen and oxygen atoms in total. The van der Waals surface area contributed by atoms with Crippen LogP contribution in [0.1, 0.15) is 42.8 Å². The molecule has 5 rings (SSSR count). The number of nitrogens with one attached hydrogen (secondary N) is 4. The van der Waals surface area contributed by atoms with Crippen LogP contribution in [0, 0.1) is 5.92 Å². The van der Waals surface area contributed by atoms with Gasteiger partial charge in [-0.15, -0.1) is 0 Å². The monoisotopic (exact) mass is 674 g/mol. The average molecular weight is 675 g/mol. The first-order chi connectivity index (χ1) is 23.4. The molecule has 2 saturated heterocycles. The molecule has 0 saturated carbocycles. The number of amides is 6. The van der Waals surface area contributed by atoms with Gasteiger partial charge in [0.25, 0.3) is 5.91 Å². The van der Waals surface area contributed by atoms with Crippen molar-refractivity contribution >= 4 is 46.4 Å². The van der Waals surface area contributed by atoms with Crippen LogP contribution in [0.25, 0.3) is 11.0 Å². The zero-order chi connectivity index (χ0) is 35.2. The van der Waals surface area contributed by atoms with Crippen LogP contribution in [0.2, 0.25) is 0 Å². The number of fused-ring (bicyclic) bond motifs is 2. The molecule has 49 heavy (non-hydrogen) atoms. The fraction of sp³-hybridized carbons (Fsp3) is 0.429. The maximum absolute atomic E-state index is 14.4. The van der Waals surface area contributed by atoms with Crippen molar-refractivity contribution in [2.24, 2.45) is 5.92 Å². The van der Waals surface area contributed by atoms with Crippen molar-refractivity contribution in [3.05, 3.63) is 72.0 Å². The zero-order valence-electron chi connectivity index (χ0n) is 27.7. The predicted octanol–water partition coefficient (Wildman–Crippen LogP) is 0.340. The second kappa shape index (κ2) is 15.3. The Morgan fingerprint density at radius 1 is 0.918 bits per heavy atom. The quantitative estimate of drug-likeness (QED) is 0.237. The highest BCUT2D eigenvalue weighted by Crippen LogP contribution is 2.23. The fourth-order valence-electron chi connectivity index (χ4n) is 6.26. The number of para-hydroxylation sites is 1. The summed E-state index contributed by atoms with van der Waals surface area (Å²) in [6.07, 6.45) is 0.311. The van der Waals surface area contributed by atoms with E-state index in [1.165, 1.54) is 11.9 Å². The SMILES string of the molecule is CC(C)C[C@@H]1NC(=O)CN(C)C(=O)[C@H](CO)NC(=O)[C@@H]2C[C@H](NC(=O)c3cc4ccccc4o3)CN2C(=O)[C@H](Cc2ccccc2)NC1=O. The number of furan rings is 1. The van der Waals surface area contributed by atoms with E-state index in [2.05, 4.69) is 21.3 Å². The first-order valence-corrected chi connectivity index (χ1v) is 16.3. The van der Waals surface area contributed by atoms with Crippen molar-refractivity contribution in [2.45, 2.75) is 63.3 Å². The van der Waals surface area contributed by atoms with Crippen LogP contribution in [0.4, 0.5) is 0 Å². The number of carbonyl (C=O) groups is 6. The van der Waals surface area contributed by atoms with Gasteiger partial charge in [-0.05, 0) is 36.5 Å². The molecular formula is C35H42N6O8. The summed E-state index contributed by atoms with van der Waals surface area (Å²) in [5.74, 6) is -3.78. The zero-order valence-corrected chi connectivity index (χ0v) is 27.7. The van der Waals surface area contributed by atoms with Crippen LogP contribution >= 0.6 is 0 Å². The van der Waals surface area contributed by atoms with Crippen LogP contribution in [0.5, 0.6) is 0 Å². The summed E-state index contributed by atoms with van der Waals surface area (Å²) in [5, 5.41) is 21.7. The van der Waals surface area contributed by atoms with Crippen molar-refractivity contribution in [1.29, 1.82) is 0 Å². The molecule has 0 unspecified atom stereocenters. The Bertz CT molecular complexity index is 1680. The molecule has 0 bridgehead atoms. The third-order valence-electron chi connectivity index (χ3n) is 8.68. The van der Waals surface area contributed by atoms with E-state index in [0.717, 1.165) is 15.8 Å². The number of nitrogens with zero attached hydrogens (tertiary/aromatic N) is 2. The van der Waals surface area contributed by atoms with E-state index in [-0.39, 0.29) is 37.5 Å². The lowest BCUT2D eigenvalue weighted by atomic mass is 10.0. The number of carbonyl (C=O) groups excluding carboxylic acids is 6. The van der Waals surface area contributed by atoms with Gasteiger partial charge in [-0.1, -0.05) is 62.4 Å². The molecule has 0 spiro atoms. The molecule has 2 fully saturated rings. The lowest BCUT2D eigenvalue weighted by molar-refractivity contribution is -0.143. The topological polar surface area (TPSA) is 190 Å². The van der Waals surface area contributed by atoms with Crippen molar-refractivity contribution in [2.75, 3.05) is 26.7 Å². The Hall–Kier alpha value is -5.24. The number of benzene rings is 2. The van der Waals surface area contributed by atoms with Crippen LogP contribution in [0.15, 0.2) is 65.1 Å². The lowest BCUT2D eigenvalue weighted by Crippen LogP contribution is -2.58. The Kier molecular flexibility index (Phi) is 11.0. The van der Waals surface area contributed by atoms with Crippen molar-refractivity contribution in [3.63, 3.8) is 0 Å². The van der Waals surface area contributed by atoms with E-state index in [9.17, 15) is 33.9 Å². The minimum Gasteiger partial charge on any atom is -0.451 e. The minimum atomic E-state index is -1.41. The fourth-order valence-corrected chi connectivity index (χ4v) is 6.26. The van der Waals surface area contributed by atoms with E-state index >= 15 is 0 Å². The van der Waals surface area contributed by atoms with E-state index in [4.69, 9.17) is 4.42 Å². The molecule has 5 atom stereocenters. The van der Waals surface area contributed by atoms with Gasteiger partial charge in [0.2, 0.25) is 29.5 Å². The lowest BCUT2D eigenvalue weighted by Gasteiger charge is -2.30. The maximum Gasteiger partial charge on any atom is 0.287 e. The van der Waals surface area contributed by atoms with Crippen molar-refractivity contribution < 1.29 is 38.3 Å². The first kappa shape index (κ1) is 35.1. The van der Waals surface area contributed by atoms with Crippen LogP contribution in [-0.2, 0) is 30.4 Å². The Balaban J connectivity index is 1.48. The number of rotatable bonds is 7. The molecule has 3 heterocycles. The van der Waals surface area contributed by atoms with Gasteiger partial charge in [-0.3, -0.25) is 28.8 Å². The summed E-state index contributed by atoms with van der Waals surface area (Å²) in [4.78, 5) is 83.8. The highest BCUT2D eigenvalue weighted by Gasteiger charge is 2.44. The van der Waals surface area contributed by atoms with Gasteiger partial charge in [0.15, 0.2) is 5.76 Å². The summed E-state index contributed by atoms with van der Waals surface area (Å²) >= 11 is 0. The molecule has 0 radical (unpaired) electrons. The van der Waals surface area contributed by atoms with E-state index in [1.54, 1.807) is 48.5 Å². The van der Waals surface area contributed by atoms with E-state index in [0.29, 0.717) is 5.58 Å². The van der Waals surface area contributed by atoms with Gasteiger partial charge in [0.1, 0.15) is 29.8 Å². The van der Waals surface area contributed by atoms with Crippen LogP contribution in [-0.4, -0.2) is 107 Å². The van der Waals surface area contributed by atoms with Crippen molar-refractivity contribution in [3.8, 4) is 0 Å². The van der Waals surface area contributed by atoms with Gasteiger partial charge >= 0.3 is 0 Å². The van der Waals surface area contributed by atoms with Gasteiger partial charge < -0.3 is 40.6 Å². The van der Waals surface area contributed by atoms with E-state index < -0.39 is 78.8 Å². The van der Waals surface area contributed by atoms with Gasteiger partial charge in [-0.25, -0.2) is 0 Å². The molecule has 260 valence electrons. The summed E-state index contributed by atoms with van der Waals surface area (Å²) < 4.78 is 5.71. The number of hydrogen-bond acceptors (Lipinski definition) is 8. The molecule has 6 amide bonds. The second-order valence-electron chi connectivity index (χ2n) is 13.0. The molecule has 3 aromatic rings. The maximum atomic E-state index is 14.4. The summed E-state index contributed by atoms with van der Waals surface area (Å²) in [6.45, 7) is 2.47. The van der Waals surface area contributed by atoms with Gasteiger partial charge in [0, 0.05) is 31.4 Å². The summed E-state index contributed by atoms with van der Waals surface area (Å²) in [6, 6.07) is 12.3. The van der Waals surface area contributed by atoms with Crippen LogP contribution < -0.4 is 21.3 Å². The molecule has 5 N–H and O–H groups in total. The predicted molar refractivity (Wildman–Crippen MR) is 178 cm³/mol. The standard InChI is InChI=1S/C35H42N6O8/c1-20(2)13-24-31(44)38-25(14-21-9-5-4-6-10-21)35(48)41-17-23(36-33(46)29-15-22-11-7-8-12-28(22)49-29)16-27(41)32(45)39-26(19-42)34(47)40(3)18-30(43)37-24/h4-12,15,20,23-27,42H,13-14,16-19H2,1-3H3,(H,36,46)(H,37,43)(H,38,44)(H,39,45)/t23-,24-,25-,26-,27-/m0/s1. The Morgan fingerprint density at radius 3 is 2.31 bits per heavy atom. The smallest absolute Gasteiger partial charge is 0.287 e. The summed E-state index contributed by atoms with van der Waals surface area (Å²) in [5.41, 5.74) is 1.27. The number of hydrogen-bond donors (Lipinski definition) is 5. The largest absolute Gasteiger partial charge is 0.451 e. The first-order valence-electron chi connectivity index (χ1n) is 16.3. The molecule has 2 aliphatic heterocycles. The normalized spacial score (nSPS) is 24.2. The molecule has 2 aliphatic rings. The third-order valence-corrected chi connectivity index (χ3v) is 8.68. The average Bonchev–Trinajstić information content (AvgIpc) is 3.70. The highest BCUT2D eigenvalue weighted by molar-refractivity contribution is 5.99. The van der Waals surface area contributed by atoms with E-state index in [1.807, 2.05) is 26.0 Å². The van der Waals surface area contributed by atoms with Gasteiger partial charge in [-0.2, -0.15) is 0 Å². The third kappa shape index (κ3) is 8.44. The molecule has 2 aromatic carbocycles. The minimum absolute atomic E-state index is 0.0135. The Morgan fingerprint density at radius 2 is 1.61 bits per heavy atom. The number of aliphatic hydroxyl groups is 1. The highest BCUT2D eigenvalue weighted by atomic mass is 16.3. The molecular weight excluding hydrogens is 632 g/mol. The molecule has 1 aromatic heterocycles.